The number of imidazole rings is 1. The van der Waals surface area contributed by atoms with Crippen molar-refractivity contribution in [3.05, 3.63) is 48.0 Å². The maximum Gasteiger partial charge on any atom is 0.209 e. The van der Waals surface area contributed by atoms with E-state index in [0.29, 0.717) is 36.0 Å². The van der Waals surface area contributed by atoms with Crippen LogP contribution in [0.2, 0.25) is 0 Å². The fourth-order valence-corrected chi connectivity index (χ4v) is 4.05. The van der Waals surface area contributed by atoms with Crippen molar-refractivity contribution in [2.24, 2.45) is 5.92 Å². The Hall–Kier alpha value is -2.91. The molecule has 0 amide bonds. The quantitative estimate of drug-likeness (QED) is 0.593. The van der Waals surface area contributed by atoms with Crippen molar-refractivity contribution in [2.45, 2.75) is 57.6 Å². The van der Waals surface area contributed by atoms with Crippen LogP contribution in [0.3, 0.4) is 0 Å². The predicted octanol–water partition coefficient (Wildman–Crippen LogP) is 3.69. The molecule has 0 aliphatic heterocycles. The molecule has 1 aliphatic rings. The summed E-state index contributed by atoms with van der Waals surface area (Å²) in [6.45, 7) is 4.28. The molecule has 0 radical (unpaired) electrons. The molecule has 3 N–H and O–H groups in total. The fraction of sp³-hybridized carbons (Fsp3) is 0.435. The van der Waals surface area contributed by atoms with Crippen molar-refractivity contribution in [3.8, 4) is 11.8 Å². The van der Waals surface area contributed by atoms with E-state index >= 15 is 0 Å². The van der Waals surface area contributed by atoms with Gasteiger partial charge in [-0.15, -0.1) is 0 Å². The molecule has 150 valence electrons. The van der Waals surface area contributed by atoms with E-state index in [4.69, 9.17) is 0 Å². The van der Waals surface area contributed by atoms with E-state index in [1.807, 2.05) is 18.2 Å². The van der Waals surface area contributed by atoms with Crippen molar-refractivity contribution in [1.29, 1.82) is 0 Å². The number of hydrogen-bond acceptors (Lipinski definition) is 5. The van der Waals surface area contributed by atoms with Crippen LogP contribution in [0.15, 0.2) is 36.7 Å². The number of aromatic amines is 1. The first-order valence-electron chi connectivity index (χ1n) is 10.3. The van der Waals surface area contributed by atoms with Gasteiger partial charge in [0, 0.05) is 6.04 Å². The zero-order valence-corrected chi connectivity index (χ0v) is 16.9. The lowest BCUT2D eigenvalue weighted by Crippen LogP contribution is -2.32. The molecule has 6 heteroatoms. The number of aromatic nitrogens is 4. The Morgan fingerprint density at radius 3 is 2.93 bits per heavy atom. The number of benzene rings is 1. The van der Waals surface area contributed by atoms with E-state index in [1.165, 1.54) is 5.56 Å². The zero-order valence-electron chi connectivity index (χ0n) is 16.9. The van der Waals surface area contributed by atoms with Crippen LogP contribution < -0.4 is 5.32 Å². The summed E-state index contributed by atoms with van der Waals surface area (Å²) < 4.78 is 0. The third-order valence-corrected chi connectivity index (χ3v) is 5.43. The highest BCUT2D eigenvalue weighted by atomic mass is 16.3. The lowest BCUT2D eigenvalue weighted by molar-refractivity contribution is 0.0410. The lowest BCUT2D eigenvalue weighted by Gasteiger charge is -2.30. The minimum Gasteiger partial charge on any atom is -0.378 e. The van der Waals surface area contributed by atoms with Gasteiger partial charge in [0.1, 0.15) is 11.1 Å². The fourth-order valence-electron chi connectivity index (χ4n) is 4.05. The molecule has 1 saturated carbocycles. The maximum absolute atomic E-state index is 10.8. The van der Waals surface area contributed by atoms with Crippen molar-refractivity contribution in [3.63, 3.8) is 0 Å². The largest absolute Gasteiger partial charge is 0.378 e. The zero-order chi connectivity index (χ0) is 20.3. The third kappa shape index (κ3) is 4.75. The molecule has 3 aromatic rings. The summed E-state index contributed by atoms with van der Waals surface area (Å²) in [4.78, 5) is 16.4. The van der Waals surface area contributed by atoms with Gasteiger partial charge in [0.25, 0.3) is 0 Å². The maximum atomic E-state index is 10.8. The van der Waals surface area contributed by atoms with Gasteiger partial charge in [-0.1, -0.05) is 49.6 Å². The molecule has 1 aliphatic carbocycles. The number of anilines is 1. The Morgan fingerprint density at radius 2 is 2.14 bits per heavy atom. The van der Waals surface area contributed by atoms with Crippen LogP contribution in [0.4, 0.5) is 5.82 Å². The van der Waals surface area contributed by atoms with Crippen LogP contribution in [0.25, 0.3) is 11.2 Å². The van der Waals surface area contributed by atoms with E-state index in [0.717, 1.165) is 24.8 Å². The summed E-state index contributed by atoms with van der Waals surface area (Å²) >= 11 is 0. The number of nitrogens with one attached hydrogen (secondary N) is 2. The molecule has 2 heterocycles. The smallest absolute Gasteiger partial charge is 0.209 e. The second-order valence-corrected chi connectivity index (χ2v) is 8.22. The van der Waals surface area contributed by atoms with E-state index < -0.39 is 5.60 Å². The van der Waals surface area contributed by atoms with Gasteiger partial charge in [-0.05, 0) is 50.0 Å². The Morgan fingerprint density at radius 1 is 1.31 bits per heavy atom. The second kappa shape index (κ2) is 8.22. The standard InChI is InChI=1S/C23H27N5O/c1-16-7-6-11-23(29,14-16)12-10-19-27-21-20(24-15-25-21)22(28-19)26-17(2)13-18-8-4-3-5-9-18/h3-5,8-9,15-17,29H,6-7,11,13-14H2,1-2H3,(H2,24,25,26,27,28). The van der Waals surface area contributed by atoms with Crippen molar-refractivity contribution in [1.82, 2.24) is 19.9 Å². The highest BCUT2D eigenvalue weighted by molar-refractivity contribution is 5.82. The number of aliphatic hydroxyl groups is 1. The van der Waals surface area contributed by atoms with Gasteiger partial charge in [-0.2, -0.15) is 4.98 Å². The number of rotatable bonds is 4. The summed E-state index contributed by atoms with van der Waals surface area (Å²) in [5.74, 6) is 7.59. The summed E-state index contributed by atoms with van der Waals surface area (Å²) in [5, 5.41) is 14.3. The Bertz CT molecular complexity index is 1040. The summed E-state index contributed by atoms with van der Waals surface area (Å²) in [7, 11) is 0. The van der Waals surface area contributed by atoms with Crippen LogP contribution in [-0.4, -0.2) is 36.7 Å². The van der Waals surface area contributed by atoms with Crippen LogP contribution in [0, 0.1) is 17.8 Å². The number of hydrogen-bond donors (Lipinski definition) is 3. The molecule has 0 saturated heterocycles. The Kier molecular flexibility index (Phi) is 5.50. The average molecular weight is 390 g/mol. The van der Waals surface area contributed by atoms with Crippen LogP contribution >= 0.6 is 0 Å². The van der Waals surface area contributed by atoms with E-state index in [-0.39, 0.29) is 6.04 Å². The first-order chi connectivity index (χ1) is 14.0. The van der Waals surface area contributed by atoms with Crippen LogP contribution in [0.5, 0.6) is 0 Å². The van der Waals surface area contributed by atoms with Gasteiger partial charge in [-0.25, -0.2) is 9.97 Å². The molecule has 1 aromatic carbocycles. The van der Waals surface area contributed by atoms with Crippen molar-refractivity contribution >= 4 is 17.0 Å². The highest BCUT2D eigenvalue weighted by Crippen LogP contribution is 2.31. The monoisotopic (exact) mass is 389 g/mol. The normalized spacial score (nSPS) is 22.7. The average Bonchev–Trinajstić information content (AvgIpc) is 3.16. The topological polar surface area (TPSA) is 86.7 Å². The molecule has 29 heavy (non-hydrogen) atoms. The van der Waals surface area contributed by atoms with Gasteiger partial charge in [0.2, 0.25) is 5.82 Å². The molecule has 3 unspecified atom stereocenters. The van der Waals surface area contributed by atoms with Gasteiger partial charge >= 0.3 is 0 Å². The molecule has 4 rings (SSSR count). The Balaban J connectivity index is 1.57. The van der Waals surface area contributed by atoms with Crippen LogP contribution in [0.1, 0.15) is 50.9 Å². The predicted molar refractivity (Wildman–Crippen MR) is 114 cm³/mol. The first-order valence-corrected chi connectivity index (χ1v) is 10.3. The van der Waals surface area contributed by atoms with Gasteiger partial charge < -0.3 is 15.4 Å². The summed E-state index contributed by atoms with van der Waals surface area (Å²) in [6, 6.07) is 10.5. The van der Waals surface area contributed by atoms with Gasteiger partial charge in [0.15, 0.2) is 11.5 Å². The second-order valence-electron chi connectivity index (χ2n) is 8.22. The highest BCUT2D eigenvalue weighted by Gasteiger charge is 2.30. The van der Waals surface area contributed by atoms with Crippen molar-refractivity contribution < 1.29 is 5.11 Å². The minimum atomic E-state index is -0.949. The Labute approximate surface area is 171 Å². The summed E-state index contributed by atoms with van der Waals surface area (Å²) in [5.41, 5.74) is 1.65. The van der Waals surface area contributed by atoms with Gasteiger partial charge in [-0.3, -0.25) is 0 Å². The van der Waals surface area contributed by atoms with Crippen LogP contribution in [-0.2, 0) is 6.42 Å². The van der Waals surface area contributed by atoms with E-state index in [1.54, 1.807) is 6.33 Å². The third-order valence-electron chi connectivity index (χ3n) is 5.43. The van der Waals surface area contributed by atoms with E-state index in [9.17, 15) is 5.11 Å². The van der Waals surface area contributed by atoms with Crippen molar-refractivity contribution in [2.75, 3.05) is 5.32 Å². The van der Waals surface area contributed by atoms with Gasteiger partial charge in [0.05, 0.1) is 6.33 Å². The molecule has 2 aromatic heterocycles. The molecule has 3 atom stereocenters. The summed E-state index contributed by atoms with van der Waals surface area (Å²) in [6.07, 6.45) is 6.03. The molecule has 1 fully saturated rings. The number of fused-ring (bicyclic) bond motifs is 1. The SMILES string of the molecule is CC1CCCC(O)(C#Cc2nc(NC(C)Cc3ccccc3)c3[nH]cnc3n2)C1. The molecule has 0 spiro atoms. The molecular weight excluding hydrogens is 362 g/mol. The number of H-pyrrole nitrogens is 1. The molecule has 0 bridgehead atoms. The number of nitrogens with zero attached hydrogens (tertiary/aromatic N) is 3. The molecule has 6 nitrogen and oxygen atoms in total. The molecular formula is C23H27N5O. The lowest BCUT2D eigenvalue weighted by atomic mass is 9.79. The minimum absolute atomic E-state index is 0.169. The first kappa shape index (κ1) is 19.4. The van der Waals surface area contributed by atoms with E-state index in [2.05, 4.69) is 63.1 Å².